The summed E-state index contributed by atoms with van der Waals surface area (Å²) < 4.78 is 13.5. The summed E-state index contributed by atoms with van der Waals surface area (Å²) in [6.07, 6.45) is 1.20. The van der Waals surface area contributed by atoms with E-state index in [1.165, 1.54) is 17.2 Å². The van der Waals surface area contributed by atoms with Crippen molar-refractivity contribution in [3.8, 4) is 0 Å². The molecule has 114 valence electrons. The minimum absolute atomic E-state index is 0.0224. The van der Waals surface area contributed by atoms with Crippen LogP contribution in [0.2, 0.25) is 0 Å². The monoisotopic (exact) mass is 298 g/mol. The Morgan fingerprint density at radius 1 is 1.14 bits per heavy atom. The van der Waals surface area contributed by atoms with Crippen molar-refractivity contribution in [3.63, 3.8) is 0 Å². The Bertz CT molecular complexity index is 672. The summed E-state index contributed by atoms with van der Waals surface area (Å²) in [6, 6.07) is 14.6. The topological polar surface area (TPSA) is 41.1 Å². The molecule has 0 saturated carbocycles. The first-order chi connectivity index (χ1) is 10.7. The first-order valence-corrected chi connectivity index (χ1v) is 7.55. The second-order valence-corrected chi connectivity index (χ2v) is 5.54. The molecule has 1 atom stereocenters. The van der Waals surface area contributed by atoms with Gasteiger partial charge in [-0.1, -0.05) is 42.5 Å². The van der Waals surface area contributed by atoms with Crippen LogP contribution in [0.1, 0.15) is 16.7 Å². The minimum Gasteiger partial charge on any atom is -0.354 e. The number of amides is 1. The summed E-state index contributed by atoms with van der Waals surface area (Å²) in [7, 11) is 0. The molecular formula is C18H19FN2O. The van der Waals surface area contributed by atoms with Gasteiger partial charge in [0.2, 0.25) is 5.91 Å². The first-order valence-electron chi connectivity index (χ1n) is 7.55. The van der Waals surface area contributed by atoms with Gasteiger partial charge in [-0.2, -0.15) is 0 Å². The summed E-state index contributed by atoms with van der Waals surface area (Å²) in [6.45, 7) is 1.15. The van der Waals surface area contributed by atoms with E-state index in [1.54, 1.807) is 18.2 Å². The van der Waals surface area contributed by atoms with Crippen LogP contribution in [-0.2, 0) is 24.2 Å². The van der Waals surface area contributed by atoms with Crippen LogP contribution in [0.15, 0.2) is 48.5 Å². The molecule has 0 spiro atoms. The molecule has 2 N–H and O–H groups in total. The van der Waals surface area contributed by atoms with Gasteiger partial charge >= 0.3 is 0 Å². The summed E-state index contributed by atoms with van der Waals surface area (Å²) in [5, 5.41) is 6.14. The first kappa shape index (κ1) is 14.7. The van der Waals surface area contributed by atoms with Gasteiger partial charge in [0.1, 0.15) is 5.82 Å². The lowest BCUT2D eigenvalue weighted by Crippen LogP contribution is -2.48. The Hall–Kier alpha value is -2.20. The van der Waals surface area contributed by atoms with Crippen molar-refractivity contribution in [2.24, 2.45) is 0 Å². The smallest absolute Gasteiger partial charge is 0.237 e. The summed E-state index contributed by atoms with van der Waals surface area (Å²) >= 11 is 0. The van der Waals surface area contributed by atoms with E-state index in [0.717, 1.165) is 0 Å². The molecule has 1 aliphatic heterocycles. The van der Waals surface area contributed by atoms with Gasteiger partial charge in [0, 0.05) is 13.1 Å². The van der Waals surface area contributed by atoms with Crippen LogP contribution in [0.4, 0.5) is 4.39 Å². The van der Waals surface area contributed by atoms with Gasteiger partial charge in [-0.15, -0.1) is 0 Å². The highest BCUT2D eigenvalue weighted by Gasteiger charge is 2.23. The average Bonchev–Trinajstić information content (AvgIpc) is 2.56. The van der Waals surface area contributed by atoms with E-state index in [1.807, 2.05) is 12.1 Å². The van der Waals surface area contributed by atoms with Gasteiger partial charge in [0.05, 0.1) is 6.04 Å². The summed E-state index contributed by atoms with van der Waals surface area (Å²) in [4.78, 5) is 12.2. The molecule has 0 radical (unpaired) electrons. The molecule has 0 saturated heterocycles. The average molecular weight is 298 g/mol. The lowest BCUT2D eigenvalue weighted by molar-refractivity contribution is -0.123. The van der Waals surface area contributed by atoms with Gasteiger partial charge in [0.15, 0.2) is 0 Å². The lowest BCUT2D eigenvalue weighted by Gasteiger charge is -2.25. The number of carbonyl (C=O) groups excluding carboxylic acids is 1. The third kappa shape index (κ3) is 3.34. The van der Waals surface area contributed by atoms with Crippen LogP contribution in [0, 0.1) is 5.82 Å². The molecule has 1 unspecified atom stereocenters. The molecule has 3 nitrogen and oxygen atoms in total. The number of nitrogens with one attached hydrogen (secondary N) is 2. The van der Waals surface area contributed by atoms with Crippen molar-refractivity contribution in [1.29, 1.82) is 0 Å². The van der Waals surface area contributed by atoms with E-state index in [-0.39, 0.29) is 17.8 Å². The zero-order chi connectivity index (χ0) is 15.4. The van der Waals surface area contributed by atoms with E-state index in [0.29, 0.717) is 31.5 Å². The maximum Gasteiger partial charge on any atom is 0.237 e. The van der Waals surface area contributed by atoms with Crippen LogP contribution < -0.4 is 10.6 Å². The number of hydrogen-bond donors (Lipinski definition) is 2. The highest BCUT2D eigenvalue weighted by atomic mass is 19.1. The predicted molar refractivity (Wildman–Crippen MR) is 83.9 cm³/mol. The highest BCUT2D eigenvalue weighted by molar-refractivity contribution is 5.82. The van der Waals surface area contributed by atoms with Crippen molar-refractivity contribution in [2.75, 3.05) is 6.54 Å². The molecule has 2 aromatic rings. The van der Waals surface area contributed by atoms with Crippen LogP contribution in [-0.4, -0.2) is 18.5 Å². The fourth-order valence-electron chi connectivity index (χ4n) is 2.78. The Labute approximate surface area is 129 Å². The fourth-order valence-corrected chi connectivity index (χ4v) is 2.78. The number of benzene rings is 2. The second-order valence-electron chi connectivity index (χ2n) is 5.54. The standard InChI is InChI=1S/C18H19FN2O/c19-16-8-4-3-5-13(16)9-10-20-18(22)17-11-14-6-1-2-7-15(14)12-21-17/h1-8,17,21H,9-12H2,(H,20,22). The van der Waals surface area contributed by atoms with E-state index in [4.69, 9.17) is 0 Å². The predicted octanol–water partition coefficient (Wildman–Crippen LogP) is 2.20. The largest absolute Gasteiger partial charge is 0.354 e. The molecule has 22 heavy (non-hydrogen) atoms. The van der Waals surface area contributed by atoms with Gasteiger partial charge in [-0.25, -0.2) is 4.39 Å². The van der Waals surface area contributed by atoms with Gasteiger partial charge in [-0.05, 0) is 35.6 Å². The number of fused-ring (bicyclic) bond motifs is 1. The molecule has 0 aromatic heterocycles. The van der Waals surface area contributed by atoms with Crippen LogP contribution in [0.5, 0.6) is 0 Å². The second kappa shape index (κ2) is 6.71. The molecule has 4 heteroatoms. The summed E-state index contributed by atoms with van der Waals surface area (Å²) in [5.41, 5.74) is 3.10. The normalized spacial score (nSPS) is 16.9. The van der Waals surface area contributed by atoms with Crippen molar-refractivity contribution in [2.45, 2.75) is 25.4 Å². The van der Waals surface area contributed by atoms with E-state index in [9.17, 15) is 9.18 Å². The summed E-state index contributed by atoms with van der Waals surface area (Å²) in [5.74, 6) is -0.243. The molecule has 3 rings (SSSR count). The Morgan fingerprint density at radius 3 is 2.68 bits per heavy atom. The quantitative estimate of drug-likeness (QED) is 0.908. The third-order valence-corrected chi connectivity index (χ3v) is 4.05. The molecule has 1 aliphatic rings. The maximum atomic E-state index is 13.5. The van der Waals surface area contributed by atoms with E-state index >= 15 is 0 Å². The van der Waals surface area contributed by atoms with Crippen molar-refractivity contribution < 1.29 is 9.18 Å². The van der Waals surface area contributed by atoms with E-state index in [2.05, 4.69) is 22.8 Å². The Morgan fingerprint density at radius 2 is 1.86 bits per heavy atom. The van der Waals surface area contributed by atoms with Crippen molar-refractivity contribution >= 4 is 5.91 Å². The van der Waals surface area contributed by atoms with Crippen molar-refractivity contribution in [1.82, 2.24) is 10.6 Å². The molecule has 0 aliphatic carbocycles. The minimum atomic E-state index is -0.221. The molecular weight excluding hydrogens is 279 g/mol. The Kier molecular flexibility index (Phi) is 4.49. The zero-order valence-corrected chi connectivity index (χ0v) is 12.3. The third-order valence-electron chi connectivity index (χ3n) is 4.05. The fraction of sp³-hybridized carbons (Fsp3) is 0.278. The molecule has 0 bridgehead atoms. The molecule has 1 heterocycles. The molecule has 1 amide bonds. The molecule has 2 aromatic carbocycles. The van der Waals surface area contributed by atoms with E-state index < -0.39 is 0 Å². The lowest BCUT2D eigenvalue weighted by atomic mass is 9.95. The van der Waals surface area contributed by atoms with Crippen LogP contribution >= 0.6 is 0 Å². The van der Waals surface area contributed by atoms with Gasteiger partial charge in [0.25, 0.3) is 0 Å². The van der Waals surface area contributed by atoms with Gasteiger partial charge in [-0.3, -0.25) is 4.79 Å². The number of hydrogen-bond acceptors (Lipinski definition) is 2. The maximum absolute atomic E-state index is 13.5. The number of rotatable bonds is 4. The zero-order valence-electron chi connectivity index (χ0n) is 12.3. The van der Waals surface area contributed by atoms with Gasteiger partial charge < -0.3 is 10.6 Å². The SMILES string of the molecule is O=C(NCCc1ccccc1F)C1Cc2ccccc2CN1. The highest BCUT2D eigenvalue weighted by Crippen LogP contribution is 2.16. The Balaban J connectivity index is 1.52. The van der Waals surface area contributed by atoms with Crippen LogP contribution in [0.25, 0.3) is 0 Å². The van der Waals surface area contributed by atoms with Crippen LogP contribution in [0.3, 0.4) is 0 Å². The molecule has 0 fully saturated rings. The number of halogens is 1. The number of carbonyl (C=O) groups is 1. The van der Waals surface area contributed by atoms with Crippen molar-refractivity contribution in [3.05, 3.63) is 71.0 Å².